The molecule has 20 heavy (non-hydrogen) atoms. The quantitative estimate of drug-likeness (QED) is 0.860. The average Bonchev–Trinajstić information content (AvgIpc) is 2.40. The number of halogens is 1. The maximum absolute atomic E-state index is 14.7. The molecule has 3 nitrogen and oxygen atoms in total. The lowest BCUT2D eigenvalue weighted by atomic mass is 9.91. The Balaban J connectivity index is 1.70. The van der Waals surface area contributed by atoms with Gasteiger partial charge in [-0.1, -0.05) is 0 Å². The van der Waals surface area contributed by atoms with E-state index in [1.165, 1.54) is 12.8 Å². The van der Waals surface area contributed by atoms with Gasteiger partial charge in [-0.3, -0.25) is 0 Å². The molecule has 118 valence electrons. The SMILES string of the molecule is CC(C)(C)OCC1(F)CCN(CC2CCNCC2)CC1. The third-order valence-electron chi connectivity index (χ3n) is 4.49. The number of hydrogen-bond acceptors (Lipinski definition) is 3. The monoisotopic (exact) mass is 286 g/mol. The first kappa shape index (κ1) is 16.2. The van der Waals surface area contributed by atoms with Crippen LogP contribution >= 0.6 is 0 Å². The van der Waals surface area contributed by atoms with Crippen molar-refractivity contribution in [3.63, 3.8) is 0 Å². The van der Waals surface area contributed by atoms with E-state index in [9.17, 15) is 4.39 Å². The van der Waals surface area contributed by atoms with Crippen molar-refractivity contribution in [3.8, 4) is 0 Å². The molecule has 0 bridgehead atoms. The normalized spacial score (nSPS) is 25.8. The van der Waals surface area contributed by atoms with Crippen molar-refractivity contribution in [1.29, 1.82) is 0 Å². The lowest BCUT2D eigenvalue weighted by Crippen LogP contribution is -2.47. The summed E-state index contributed by atoms with van der Waals surface area (Å²) in [6.45, 7) is 11.4. The molecular formula is C16H31FN2O. The molecule has 2 aliphatic heterocycles. The molecule has 1 N–H and O–H groups in total. The number of likely N-dealkylation sites (tertiary alicyclic amines) is 1. The Morgan fingerprint density at radius 2 is 1.80 bits per heavy atom. The fraction of sp³-hybridized carbons (Fsp3) is 1.00. The summed E-state index contributed by atoms with van der Waals surface area (Å²) in [7, 11) is 0. The van der Waals surface area contributed by atoms with Gasteiger partial charge in [-0.25, -0.2) is 4.39 Å². The van der Waals surface area contributed by atoms with E-state index in [2.05, 4.69) is 10.2 Å². The molecule has 0 spiro atoms. The van der Waals surface area contributed by atoms with Crippen LogP contribution in [0.15, 0.2) is 0 Å². The zero-order valence-electron chi connectivity index (χ0n) is 13.4. The molecule has 0 atom stereocenters. The Morgan fingerprint density at radius 3 is 2.35 bits per heavy atom. The largest absolute Gasteiger partial charge is 0.373 e. The van der Waals surface area contributed by atoms with Crippen LogP contribution < -0.4 is 5.32 Å². The van der Waals surface area contributed by atoms with E-state index in [-0.39, 0.29) is 12.2 Å². The summed E-state index contributed by atoms with van der Waals surface area (Å²) < 4.78 is 20.3. The summed E-state index contributed by atoms with van der Waals surface area (Å²) in [6.07, 6.45) is 3.77. The van der Waals surface area contributed by atoms with E-state index in [1.54, 1.807) is 0 Å². The molecule has 0 amide bonds. The number of rotatable bonds is 4. The Bertz CT molecular complexity index is 289. The van der Waals surface area contributed by atoms with Crippen LogP contribution in [0.5, 0.6) is 0 Å². The molecule has 0 aliphatic carbocycles. The Morgan fingerprint density at radius 1 is 1.20 bits per heavy atom. The number of alkyl halides is 1. The minimum absolute atomic E-state index is 0.245. The third kappa shape index (κ3) is 5.30. The number of piperidine rings is 2. The second-order valence-corrected chi connectivity index (χ2v) is 7.55. The maximum Gasteiger partial charge on any atom is 0.136 e. The van der Waals surface area contributed by atoms with E-state index in [1.807, 2.05) is 20.8 Å². The van der Waals surface area contributed by atoms with Gasteiger partial charge < -0.3 is 15.0 Å². The van der Waals surface area contributed by atoms with Gasteiger partial charge in [-0.05, 0) is 65.5 Å². The summed E-state index contributed by atoms with van der Waals surface area (Å²) in [5.41, 5.74) is -1.36. The van der Waals surface area contributed by atoms with E-state index in [0.717, 1.165) is 38.6 Å². The highest BCUT2D eigenvalue weighted by Gasteiger charge is 2.36. The highest BCUT2D eigenvalue weighted by atomic mass is 19.1. The molecule has 0 unspecified atom stereocenters. The van der Waals surface area contributed by atoms with Gasteiger partial charge in [-0.15, -0.1) is 0 Å². The van der Waals surface area contributed by atoms with Crippen molar-refractivity contribution in [3.05, 3.63) is 0 Å². The summed E-state index contributed by atoms with van der Waals surface area (Å²) in [6, 6.07) is 0. The van der Waals surface area contributed by atoms with Crippen LogP contribution in [0.25, 0.3) is 0 Å². The fourth-order valence-corrected chi connectivity index (χ4v) is 3.06. The molecule has 2 rings (SSSR count). The first-order valence-electron chi connectivity index (χ1n) is 8.12. The second kappa shape index (κ2) is 6.71. The summed E-state index contributed by atoms with van der Waals surface area (Å²) in [5, 5.41) is 3.40. The lowest BCUT2D eigenvalue weighted by Gasteiger charge is -2.39. The minimum atomic E-state index is -1.11. The minimum Gasteiger partial charge on any atom is -0.373 e. The zero-order valence-corrected chi connectivity index (χ0v) is 13.4. The molecule has 4 heteroatoms. The van der Waals surface area contributed by atoms with Crippen molar-refractivity contribution in [2.45, 2.75) is 57.7 Å². The fourth-order valence-electron chi connectivity index (χ4n) is 3.06. The first-order valence-corrected chi connectivity index (χ1v) is 8.12. The van der Waals surface area contributed by atoms with Gasteiger partial charge in [0.25, 0.3) is 0 Å². The smallest absolute Gasteiger partial charge is 0.136 e. The van der Waals surface area contributed by atoms with Gasteiger partial charge in [0.2, 0.25) is 0 Å². The lowest BCUT2D eigenvalue weighted by molar-refractivity contribution is -0.0841. The van der Waals surface area contributed by atoms with Gasteiger partial charge >= 0.3 is 0 Å². The molecule has 0 aromatic rings. The molecule has 0 radical (unpaired) electrons. The van der Waals surface area contributed by atoms with Crippen molar-refractivity contribution >= 4 is 0 Å². The molecule has 2 fully saturated rings. The standard InChI is InChI=1S/C16H31FN2O/c1-15(2,3)20-13-16(17)6-10-19(11-7-16)12-14-4-8-18-9-5-14/h14,18H,4-13H2,1-3H3. The first-order chi connectivity index (χ1) is 9.36. The van der Waals surface area contributed by atoms with E-state index in [4.69, 9.17) is 4.74 Å². The van der Waals surface area contributed by atoms with Crippen LogP contribution in [-0.4, -0.2) is 55.5 Å². The highest BCUT2D eigenvalue weighted by molar-refractivity contribution is 4.88. The zero-order chi connectivity index (χ0) is 14.6. The molecule has 0 aromatic carbocycles. The molecule has 2 aliphatic rings. The summed E-state index contributed by atoms with van der Waals surface area (Å²) >= 11 is 0. The number of hydrogen-bond donors (Lipinski definition) is 1. The number of ether oxygens (including phenoxy) is 1. The van der Waals surface area contributed by atoms with E-state index in [0.29, 0.717) is 12.8 Å². The van der Waals surface area contributed by atoms with Gasteiger partial charge in [0.1, 0.15) is 5.67 Å². The van der Waals surface area contributed by atoms with Crippen LogP contribution in [0.2, 0.25) is 0 Å². The van der Waals surface area contributed by atoms with Crippen molar-refractivity contribution < 1.29 is 9.13 Å². The van der Waals surface area contributed by atoms with Gasteiger partial charge in [0, 0.05) is 19.6 Å². The summed E-state index contributed by atoms with van der Waals surface area (Å²) in [4.78, 5) is 2.45. The van der Waals surface area contributed by atoms with Crippen LogP contribution in [0.1, 0.15) is 46.5 Å². The van der Waals surface area contributed by atoms with Gasteiger partial charge in [0.15, 0.2) is 0 Å². The van der Waals surface area contributed by atoms with Crippen LogP contribution in [0.4, 0.5) is 4.39 Å². The van der Waals surface area contributed by atoms with Crippen LogP contribution in [-0.2, 0) is 4.74 Å². The molecule has 0 aromatic heterocycles. The predicted octanol–water partition coefficient (Wildman–Crippen LogP) is 2.61. The van der Waals surface area contributed by atoms with E-state index < -0.39 is 5.67 Å². The van der Waals surface area contributed by atoms with Crippen molar-refractivity contribution in [2.24, 2.45) is 5.92 Å². The average molecular weight is 286 g/mol. The molecule has 2 saturated heterocycles. The van der Waals surface area contributed by atoms with Crippen molar-refractivity contribution in [1.82, 2.24) is 10.2 Å². The topological polar surface area (TPSA) is 24.5 Å². The van der Waals surface area contributed by atoms with E-state index >= 15 is 0 Å². The maximum atomic E-state index is 14.7. The third-order valence-corrected chi connectivity index (χ3v) is 4.49. The summed E-state index contributed by atoms with van der Waals surface area (Å²) in [5.74, 6) is 0.800. The molecular weight excluding hydrogens is 255 g/mol. The van der Waals surface area contributed by atoms with Gasteiger partial charge in [0.05, 0.1) is 12.2 Å². The predicted molar refractivity (Wildman–Crippen MR) is 80.8 cm³/mol. The Kier molecular flexibility index (Phi) is 5.43. The number of nitrogens with one attached hydrogen (secondary N) is 1. The molecule has 0 saturated carbocycles. The Labute approximate surface area is 123 Å². The highest BCUT2D eigenvalue weighted by Crippen LogP contribution is 2.29. The van der Waals surface area contributed by atoms with Crippen molar-refractivity contribution in [2.75, 3.05) is 39.3 Å². The van der Waals surface area contributed by atoms with Gasteiger partial charge in [-0.2, -0.15) is 0 Å². The number of nitrogens with zero attached hydrogens (tertiary/aromatic N) is 1. The molecule has 2 heterocycles. The van der Waals surface area contributed by atoms with Crippen LogP contribution in [0, 0.1) is 5.92 Å². The van der Waals surface area contributed by atoms with Crippen LogP contribution in [0.3, 0.4) is 0 Å². The Hall–Kier alpha value is -0.190. The second-order valence-electron chi connectivity index (χ2n) is 7.55.